The van der Waals surface area contributed by atoms with Crippen LogP contribution in [0.1, 0.15) is 17.5 Å². The third-order valence-electron chi connectivity index (χ3n) is 4.39. The molecule has 1 aliphatic heterocycles. The smallest absolute Gasteiger partial charge is 0.387 e. The van der Waals surface area contributed by atoms with Gasteiger partial charge in [0.25, 0.3) is 0 Å². The molecule has 5 heteroatoms. The second-order valence-corrected chi connectivity index (χ2v) is 6.25. The van der Waals surface area contributed by atoms with E-state index in [4.69, 9.17) is 0 Å². The van der Waals surface area contributed by atoms with Gasteiger partial charge in [0, 0.05) is 18.7 Å². The lowest BCUT2D eigenvalue weighted by molar-refractivity contribution is -0.0507. The number of aromatic hydroxyl groups is 1. The van der Waals surface area contributed by atoms with Crippen molar-refractivity contribution >= 4 is 0 Å². The van der Waals surface area contributed by atoms with E-state index in [0.29, 0.717) is 18.2 Å². The van der Waals surface area contributed by atoms with Gasteiger partial charge < -0.3 is 9.84 Å². The molecule has 0 radical (unpaired) electrons. The maximum Gasteiger partial charge on any atom is 0.387 e. The van der Waals surface area contributed by atoms with E-state index in [-0.39, 0.29) is 5.75 Å². The number of ether oxygens (including phenoxy) is 1. The molecule has 0 aliphatic carbocycles. The van der Waals surface area contributed by atoms with Crippen LogP contribution in [0.3, 0.4) is 0 Å². The van der Waals surface area contributed by atoms with Crippen molar-refractivity contribution in [2.45, 2.75) is 26.0 Å². The predicted octanol–water partition coefficient (Wildman–Crippen LogP) is 4.06. The summed E-state index contributed by atoms with van der Waals surface area (Å²) in [6, 6.07) is 14.3. The van der Waals surface area contributed by atoms with Crippen molar-refractivity contribution < 1.29 is 18.6 Å². The first-order valence-corrected chi connectivity index (χ1v) is 8.13. The Labute approximate surface area is 140 Å². The Kier molecular flexibility index (Phi) is 5.30. The second kappa shape index (κ2) is 7.62. The number of rotatable bonds is 6. The number of benzene rings is 2. The van der Waals surface area contributed by atoms with Crippen molar-refractivity contribution in [3.8, 4) is 11.5 Å². The van der Waals surface area contributed by atoms with Gasteiger partial charge in [-0.15, -0.1) is 0 Å². The SMILES string of the molecule is Oc1cccc(CC2CCN(Cc3ccccc3OC(F)F)C2)c1. The van der Waals surface area contributed by atoms with Crippen LogP contribution in [0.4, 0.5) is 8.78 Å². The fourth-order valence-electron chi connectivity index (χ4n) is 3.33. The van der Waals surface area contributed by atoms with E-state index in [1.54, 1.807) is 24.3 Å². The molecule has 0 saturated carbocycles. The quantitative estimate of drug-likeness (QED) is 0.865. The van der Waals surface area contributed by atoms with E-state index in [2.05, 4.69) is 9.64 Å². The molecule has 1 N–H and O–H groups in total. The minimum absolute atomic E-state index is 0.254. The van der Waals surface area contributed by atoms with Gasteiger partial charge in [-0.1, -0.05) is 30.3 Å². The van der Waals surface area contributed by atoms with Crippen molar-refractivity contribution in [3.05, 3.63) is 59.7 Å². The fourth-order valence-corrected chi connectivity index (χ4v) is 3.33. The second-order valence-electron chi connectivity index (χ2n) is 6.25. The van der Waals surface area contributed by atoms with Gasteiger partial charge in [-0.25, -0.2) is 0 Å². The van der Waals surface area contributed by atoms with Crippen LogP contribution in [0.5, 0.6) is 11.5 Å². The molecule has 3 nitrogen and oxygen atoms in total. The maximum absolute atomic E-state index is 12.5. The molecule has 0 bridgehead atoms. The summed E-state index contributed by atoms with van der Waals surface area (Å²) < 4.78 is 29.6. The molecule has 24 heavy (non-hydrogen) atoms. The van der Waals surface area contributed by atoms with Gasteiger partial charge >= 0.3 is 6.61 Å². The number of alkyl halides is 2. The normalized spacial score (nSPS) is 18.2. The summed E-state index contributed by atoms with van der Waals surface area (Å²) in [5.41, 5.74) is 1.92. The summed E-state index contributed by atoms with van der Waals surface area (Å²) in [5, 5.41) is 9.55. The van der Waals surface area contributed by atoms with Gasteiger partial charge in [0.05, 0.1) is 0 Å². The third-order valence-corrected chi connectivity index (χ3v) is 4.39. The zero-order valence-electron chi connectivity index (χ0n) is 13.4. The number of para-hydroxylation sites is 1. The van der Waals surface area contributed by atoms with E-state index in [1.165, 1.54) is 0 Å². The molecule has 0 aromatic heterocycles. The van der Waals surface area contributed by atoms with E-state index in [9.17, 15) is 13.9 Å². The Hall–Kier alpha value is -2.14. The van der Waals surface area contributed by atoms with Crippen molar-refractivity contribution in [2.24, 2.45) is 5.92 Å². The first-order valence-electron chi connectivity index (χ1n) is 8.13. The topological polar surface area (TPSA) is 32.7 Å². The first kappa shape index (κ1) is 16.7. The number of likely N-dealkylation sites (tertiary alicyclic amines) is 1. The van der Waals surface area contributed by atoms with Gasteiger partial charge in [-0.05, 0) is 49.1 Å². The van der Waals surface area contributed by atoms with Crippen molar-refractivity contribution in [2.75, 3.05) is 13.1 Å². The molecule has 3 rings (SSSR count). The standard InChI is InChI=1S/C19H21F2NO2/c20-19(21)24-18-7-2-1-5-16(18)13-22-9-8-15(12-22)10-14-4-3-6-17(23)11-14/h1-7,11,15,19,23H,8-10,12-13H2. The highest BCUT2D eigenvalue weighted by atomic mass is 19.3. The van der Waals surface area contributed by atoms with Crippen LogP contribution in [0.25, 0.3) is 0 Å². The predicted molar refractivity (Wildman–Crippen MR) is 88.3 cm³/mol. The Morgan fingerprint density at radius 3 is 2.79 bits per heavy atom. The highest BCUT2D eigenvalue weighted by Gasteiger charge is 2.23. The average Bonchev–Trinajstić information content (AvgIpc) is 2.96. The number of hydrogen-bond donors (Lipinski definition) is 1. The highest BCUT2D eigenvalue weighted by Crippen LogP contribution is 2.27. The van der Waals surface area contributed by atoms with Crippen LogP contribution in [-0.2, 0) is 13.0 Å². The van der Waals surface area contributed by atoms with Crippen molar-refractivity contribution in [1.29, 1.82) is 0 Å². The first-order chi connectivity index (χ1) is 11.6. The summed E-state index contributed by atoms with van der Waals surface area (Å²) >= 11 is 0. The molecule has 0 amide bonds. The summed E-state index contributed by atoms with van der Waals surface area (Å²) in [7, 11) is 0. The van der Waals surface area contributed by atoms with Crippen LogP contribution in [0.2, 0.25) is 0 Å². The number of phenols is 1. The Balaban J connectivity index is 1.58. The molecule has 1 fully saturated rings. The molecule has 1 heterocycles. The number of nitrogens with zero attached hydrogens (tertiary/aromatic N) is 1. The van der Waals surface area contributed by atoms with E-state index in [0.717, 1.165) is 37.1 Å². The average molecular weight is 333 g/mol. The van der Waals surface area contributed by atoms with Gasteiger partial charge in [-0.2, -0.15) is 8.78 Å². The molecule has 1 atom stereocenters. The molecule has 2 aromatic rings. The van der Waals surface area contributed by atoms with Crippen molar-refractivity contribution in [1.82, 2.24) is 4.90 Å². The molecule has 1 unspecified atom stereocenters. The monoisotopic (exact) mass is 333 g/mol. The Morgan fingerprint density at radius 2 is 2.00 bits per heavy atom. The van der Waals surface area contributed by atoms with Gasteiger partial charge in [0.2, 0.25) is 0 Å². The largest absolute Gasteiger partial charge is 0.508 e. The Morgan fingerprint density at radius 1 is 1.17 bits per heavy atom. The van der Waals surface area contributed by atoms with E-state index in [1.807, 2.05) is 24.3 Å². The molecule has 2 aromatic carbocycles. The Bertz CT molecular complexity index is 678. The lowest BCUT2D eigenvalue weighted by Crippen LogP contribution is -2.21. The van der Waals surface area contributed by atoms with E-state index < -0.39 is 6.61 Å². The number of phenolic OH excluding ortho intramolecular Hbond substituents is 1. The van der Waals surface area contributed by atoms with Crippen LogP contribution in [-0.4, -0.2) is 29.7 Å². The lowest BCUT2D eigenvalue weighted by Gasteiger charge is -2.18. The minimum atomic E-state index is -2.80. The molecule has 1 aliphatic rings. The zero-order chi connectivity index (χ0) is 16.9. The zero-order valence-corrected chi connectivity index (χ0v) is 13.4. The maximum atomic E-state index is 12.5. The van der Waals surface area contributed by atoms with Gasteiger partial charge in [0.15, 0.2) is 0 Å². The summed E-state index contributed by atoms with van der Waals surface area (Å²) in [5.74, 6) is 1.05. The summed E-state index contributed by atoms with van der Waals surface area (Å²) in [6.07, 6.45) is 1.98. The lowest BCUT2D eigenvalue weighted by atomic mass is 9.98. The van der Waals surface area contributed by atoms with Crippen LogP contribution >= 0.6 is 0 Å². The van der Waals surface area contributed by atoms with Crippen molar-refractivity contribution in [3.63, 3.8) is 0 Å². The van der Waals surface area contributed by atoms with Crippen LogP contribution in [0.15, 0.2) is 48.5 Å². The van der Waals surface area contributed by atoms with Crippen LogP contribution in [0, 0.1) is 5.92 Å². The van der Waals surface area contributed by atoms with Gasteiger partial charge in [-0.3, -0.25) is 4.90 Å². The minimum Gasteiger partial charge on any atom is -0.508 e. The number of halogens is 2. The third kappa shape index (κ3) is 4.45. The molecule has 1 saturated heterocycles. The number of hydrogen-bond acceptors (Lipinski definition) is 3. The summed E-state index contributed by atoms with van der Waals surface area (Å²) in [6.45, 7) is -0.340. The highest BCUT2D eigenvalue weighted by molar-refractivity contribution is 5.33. The fraction of sp³-hybridized carbons (Fsp3) is 0.368. The van der Waals surface area contributed by atoms with E-state index >= 15 is 0 Å². The molecular formula is C19H21F2NO2. The summed E-state index contributed by atoms with van der Waals surface area (Å²) in [4.78, 5) is 2.27. The molecule has 0 spiro atoms. The molecule has 128 valence electrons. The van der Waals surface area contributed by atoms with Gasteiger partial charge in [0.1, 0.15) is 11.5 Å². The molecular weight excluding hydrogens is 312 g/mol. The van der Waals surface area contributed by atoms with Crippen LogP contribution < -0.4 is 4.74 Å².